The van der Waals surface area contributed by atoms with Gasteiger partial charge in [0.15, 0.2) is 17.3 Å². The number of aromatic hydroxyl groups is 3. The summed E-state index contributed by atoms with van der Waals surface area (Å²) in [5, 5.41) is 58.7. The van der Waals surface area contributed by atoms with Gasteiger partial charge in [-0.15, -0.1) is 0 Å². The quantitative estimate of drug-likeness (QED) is 0.0265. The van der Waals surface area contributed by atoms with E-state index in [2.05, 4.69) is 54.9 Å². The number of phenols is 3. The molecule has 17 rings (SSSR count). The fourth-order valence-corrected chi connectivity index (χ4v) is 15.4. The molecule has 1 atom stereocenters. The van der Waals surface area contributed by atoms with Crippen LogP contribution in [0.25, 0.3) is 51.1 Å². The lowest BCUT2D eigenvalue weighted by Gasteiger charge is -2.32. The summed E-state index contributed by atoms with van der Waals surface area (Å²) in [5.74, 6) is -7.19. The summed E-state index contributed by atoms with van der Waals surface area (Å²) in [6, 6.07) is 42.4. The van der Waals surface area contributed by atoms with E-state index < -0.39 is 52.7 Å². The Morgan fingerprint density at radius 3 is 1.45 bits per heavy atom. The summed E-state index contributed by atoms with van der Waals surface area (Å²) in [4.78, 5) is 111. The van der Waals surface area contributed by atoms with E-state index in [4.69, 9.17) is 4.74 Å². The number of amides is 3. The molecule has 0 radical (unpaired) electrons. The lowest BCUT2D eigenvalue weighted by atomic mass is 9.90. The van der Waals surface area contributed by atoms with Crippen molar-refractivity contribution in [3.05, 3.63) is 292 Å². The molecule has 3 saturated heterocycles. The van der Waals surface area contributed by atoms with Crippen LogP contribution in [-0.2, 0) is 54.6 Å². The lowest BCUT2D eigenvalue weighted by Crippen LogP contribution is -2.43. The van der Waals surface area contributed by atoms with Gasteiger partial charge in [-0.3, -0.25) is 34.5 Å². The van der Waals surface area contributed by atoms with Crippen LogP contribution in [0.4, 0.5) is 31.5 Å². The van der Waals surface area contributed by atoms with Gasteiger partial charge in [-0.25, -0.2) is 46.5 Å². The number of nitrogens with zero attached hydrogens (tertiary/aromatic N) is 10. The third-order valence-electron chi connectivity index (χ3n) is 21.5. The SMILES string of the molecule is CC(O)(O)OC(=O)N1CCC(c2[nH]n(-c3nc4cc(F)c(F)cc4[nH]3)c(=O)c2CCc2ccc(F)cc2)CC1.O=C(OCc1ccccc1)N1CCC(c2[nH]n(-c3nc4ncccc4[nH]3)c(=O)c2CCc2ccc(F)cc2)CC1.O=C(c1c(O)cc(O)cc1O)N1CCCC1c1[nH]n(-c2nc3ccccc3[nH]2)c(=O)c1CCc1ccc(F)cc1. The molecule has 119 heavy (non-hydrogen) atoms. The topological polar surface area (TPSA) is 393 Å². The van der Waals surface area contributed by atoms with Gasteiger partial charge in [0.05, 0.1) is 39.3 Å². The average Bonchev–Trinajstić information content (AvgIpc) is 1.62. The number of aliphatic hydroxyl groups is 2. The number of aromatic amines is 6. The summed E-state index contributed by atoms with van der Waals surface area (Å²) in [6.45, 7) is 3.03. The fraction of sp³-hybridized carbons (Fsp3) is 0.271. The number of rotatable bonds is 19. The van der Waals surface area contributed by atoms with Gasteiger partial charge in [0.2, 0.25) is 17.8 Å². The molecule has 3 amide bonds. The molecule has 0 aliphatic carbocycles. The van der Waals surface area contributed by atoms with Crippen LogP contribution >= 0.6 is 0 Å². The number of imidazole rings is 3. The third kappa shape index (κ3) is 18.1. The van der Waals surface area contributed by atoms with E-state index in [0.717, 1.165) is 70.2 Å². The van der Waals surface area contributed by atoms with Gasteiger partial charge in [0, 0.05) is 110 Å². The second-order valence-corrected chi connectivity index (χ2v) is 29.5. The van der Waals surface area contributed by atoms with E-state index in [-0.39, 0.29) is 94.5 Å². The van der Waals surface area contributed by atoms with Crippen molar-refractivity contribution in [3.63, 3.8) is 0 Å². The van der Waals surface area contributed by atoms with Crippen molar-refractivity contribution in [2.24, 2.45) is 0 Å². The number of likely N-dealkylation sites (tertiary alicyclic amines) is 3. The number of ether oxygens (including phenoxy) is 2. The zero-order chi connectivity index (χ0) is 83.3. The number of nitrogens with one attached hydrogen (secondary N) is 6. The molecule has 3 fully saturated rings. The van der Waals surface area contributed by atoms with Crippen LogP contribution in [0.2, 0.25) is 0 Å². The van der Waals surface area contributed by atoms with Crippen molar-refractivity contribution in [1.29, 1.82) is 0 Å². The van der Waals surface area contributed by atoms with E-state index in [0.29, 0.717) is 148 Å². The molecule has 29 nitrogen and oxygen atoms in total. The molecule has 0 spiro atoms. The van der Waals surface area contributed by atoms with E-state index in [1.807, 2.05) is 60.7 Å². The predicted octanol–water partition coefficient (Wildman–Crippen LogP) is 12.2. The second-order valence-electron chi connectivity index (χ2n) is 29.5. The molecule has 34 heteroatoms. The Morgan fingerprint density at radius 2 is 0.933 bits per heavy atom. The number of aromatic nitrogens is 13. The molecule has 1 unspecified atom stereocenters. The zero-order valence-electron chi connectivity index (χ0n) is 64.0. The van der Waals surface area contributed by atoms with Crippen molar-refractivity contribution in [3.8, 4) is 35.1 Å². The summed E-state index contributed by atoms with van der Waals surface area (Å²) >= 11 is 0. The molecule has 7 aromatic heterocycles. The highest BCUT2D eigenvalue weighted by Crippen LogP contribution is 2.40. The molecule has 3 aliphatic rings. The summed E-state index contributed by atoms with van der Waals surface area (Å²) in [7, 11) is 0. The molecule has 10 heterocycles. The summed E-state index contributed by atoms with van der Waals surface area (Å²) in [5.41, 5.74) is 8.98. The third-order valence-corrected chi connectivity index (χ3v) is 21.5. The molecule has 614 valence electrons. The van der Waals surface area contributed by atoms with Gasteiger partial charge in [-0.1, -0.05) is 78.9 Å². The lowest BCUT2D eigenvalue weighted by molar-refractivity contribution is -0.296. The number of halogens is 5. The maximum absolute atomic E-state index is 13.8. The van der Waals surface area contributed by atoms with Crippen molar-refractivity contribution >= 4 is 51.3 Å². The number of phenolic OH excluding ortho intramolecular Hbond substituents is 3. The molecule has 7 aromatic carbocycles. The first-order chi connectivity index (χ1) is 57.3. The zero-order valence-corrected chi connectivity index (χ0v) is 64.0. The minimum Gasteiger partial charge on any atom is -0.508 e. The number of hydrogen-bond acceptors (Lipinski definition) is 17. The van der Waals surface area contributed by atoms with Crippen LogP contribution in [0.15, 0.2) is 184 Å². The molecule has 3 aliphatic heterocycles. The van der Waals surface area contributed by atoms with Gasteiger partial charge in [-0.2, -0.15) is 19.0 Å². The van der Waals surface area contributed by atoms with E-state index >= 15 is 0 Å². The van der Waals surface area contributed by atoms with Crippen molar-refractivity contribution in [2.45, 2.75) is 114 Å². The summed E-state index contributed by atoms with van der Waals surface area (Å²) in [6.07, 6.45) is 6.51. The minimum atomic E-state index is -2.59. The van der Waals surface area contributed by atoms with Crippen LogP contribution in [0.1, 0.15) is 130 Å². The first kappa shape index (κ1) is 80.3. The second kappa shape index (κ2) is 34.5. The van der Waals surface area contributed by atoms with Gasteiger partial charge in [0.1, 0.15) is 46.9 Å². The van der Waals surface area contributed by atoms with Crippen molar-refractivity contribution in [2.75, 3.05) is 32.7 Å². The van der Waals surface area contributed by atoms with Gasteiger partial charge >= 0.3 is 18.2 Å². The Labute approximate surface area is 672 Å². The highest BCUT2D eigenvalue weighted by Gasteiger charge is 2.38. The number of fused-ring (bicyclic) bond motifs is 3. The molecule has 14 aromatic rings. The highest BCUT2D eigenvalue weighted by molar-refractivity contribution is 6.00. The number of carbonyl (C=O) groups is 3. The largest absolute Gasteiger partial charge is 0.508 e. The Bertz CT molecular complexity index is 6080. The van der Waals surface area contributed by atoms with Crippen molar-refractivity contribution in [1.82, 2.24) is 78.9 Å². The fourth-order valence-electron chi connectivity index (χ4n) is 15.4. The first-order valence-corrected chi connectivity index (χ1v) is 38.6. The normalized spacial score (nSPS) is 14.7. The molecular formula is C85H81F5N16O13. The number of hydrogen-bond donors (Lipinski definition) is 11. The number of H-pyrrole nitrogens is 6. The number of carbonyl (C=O) groups excluding carboxylic acids is 3. The van der Waals surface area contributed by atoms with Gasteiger partial charge < -0.3 is 64.7 Å². The standard InChI is InChI=1S/C30H29FN6O3.C29H26FN5O5.C26H26F3N5O5/c31-23-11-8-20(9-12-23)10-13-24-26(35-37(28(24)38)29-33-25-7-4-16-32-27(25)34-29)22-14-17-36(18-15-22)30(39)40-19-21-5-2-1-3-6-21;30-17-10-7-16(8-11-17)9-12-19-26(33-35(27(19)39)29-31-20-4-1-2-5-21(20)32-29)22-6-3-13-34(22)28(40)25-23(37)14-18(36)15-24(25)38;1-26(37,38)39-25(36)33-10-8-15(9-11-33)22-17(7-4-14-2-5-16(27)6-3-14)23(35)34(32-22)24-30-20-12-18(28)19(29)13-21(20)31-24/h1-9,11-12,16,22,35H,10,13-15,17-19H2,(H,32,33,34);1-2,4-5,7-8,10-11,14-15,22,33,36-38H,3,6,9,12-13H2,(H,31,32);2-3,5-6,12-13,15,32,37-38H,4,7-11H2,1H3,(H,30,31). The van der Waals surface area contributed by atoms with Gasteiger partial charge in [-0.05, 0) is 160 Å². The smallest absolute Gasteiger partial charge is 0.414 e. The summed E-state index contributed by atoms with van der Waals surface area (Å²) < 4.78 is 81.7. The number of piperidine rings is 2. The minimum absolute atomic E-state index is 0.0536. The van der Waals surface area contributed by atoms with Crippen LogP contribution in [0, 0.1) is 29.1 Å². The predicted molar refractivity (Wildman–Crippen MR) is 425 cm³/mol. The van der Waals surface area contributed by atoms with E-state index in [1.165, 1.54) is 60.2 Å². The maximum atomic E-state index is 13.8. The molecular weight excluding hydrogens is 1550 g/mol. The van der Waals surface area contributed by atoms with E-state index in [1.54, 1.807) is 53.6 Å². The van der Waals surface area contributed by atoms with Crippen LogP contribution in [0.5, 0.6) is 17.2 Å². The Balaban J connectivity index is 0.000000139. The molecule has 0 saturated carbocycles. The highest BCUT2D eigenvalue weighted by atomic mass is 19.2. The number of pyridine rings is 1. The monoisotopic (exact) mass is 1630 g/mol. The number of para-hydroxylation sites is 2. The molecule has 11 N–H and O–H groups in total. The van der Waals surface area contributed by atoms with E-state index in [9.17, 15) is 76.3 Å². The van der Waals surface area contributed by atoms with Gasteiger partial charge in [0.25, 0.3) is 22.6 Å². The van der Waals surface area contributed by atoms with Crippen LogP contribution in [-0.4, -0.2) is 161 Å². The van der Waals surface area contributed by atoms with Crippen molar-refractivity contribution < 1.29 is 71.3 Å². The Morgan fingerprint density at radius 1 is 0.479 bits per heavy atom. The maximum Gasteiger partial charge on any atom is 0.414 e. The number of aryl methyl sites for hydroxylation is 3. The first-order valence-electron chi connectivity index (χ1n) is 38.6. The molecule has 0 bridgehead atoms. The van der Waals surface area contributed by atoms with Crippen LogP contribution in [0.3, 0.4) is 0 Å². The Hall–Kier alpha value is -13.9. The van der Waals surface area contributed by atoms with Crippen LogP contribution < -0.4 is 16.7 Å². The number of benzene rings is 7. The Kier molecular flexibility index (Phi) is 23.3. The average molecular weight is 1630 g/mol.